The minimum Gasteiger partial charge on any atom is -0.444 e. The maximum atomic E-state index is 12.2. The maximum Gasteiger partial charge on any atom is 0.410 e. The Bertz CT molecular complexity index is 556. The van der Waals surface area contributed by atoms with Gasteiger partial charge in [-0.25, -0.2) is 4.79 Å². The van der Waals surface area contributed by atoms with Gasteiger partial charge in [-0.1, -0.05) is 12.1 Å². The molecule has 0 radical (unpaired) electrons. The van der Waals surface area contributed by atoms with Gasteiger partial charge in [-0.15, -0.1) is 0 Å². The smallest absolute Gasteiger partial charge is 0.410 e. The van der Waals surface area contributed by atoms with Gasteiger partial charge < -0.3 is 15.0 Å². The molecular formula is C18H27N3O2. The number of nitriles is 1. The highest BCUT2D eigenvalue weighted by atomic mass is 16.6. The van der Waals surface area contributed by atoms with Crippen LogP contribution in [0.25, 0.3) is 0 Å². The van der Waals surface area contributed by atoms with Gasteiger partial charge >= 0.3 is 6.09 Å². The summed E-state index contributed by atoms with van der Waals surface area (Å²) in [6.07, 6.45) is -0.291. The average Bonchev–Trinajstić information content (AvgIpc) is 2.45. The van der Waals surface area contributed by atoms with Crippen molar-refractivity contribution in [3.8, 4) is 6.07 Å². The second kappa shape index (κ2) is 8.54. The van der Waals surface area contributed by atoms with Crippen LogP contribution in [-0.2, 0) is 11.3 Å². The maximum absolute atomic E-state index is 12.2. The Labute approximate surface area is 139 Å². The van der Waals surface area contributed by atoms with Gasteiger partial charge in [0.15, 0.2) is 0 Å². The molecule has 0 aromatic heterocycles. The van der Waals surface area contributed by atoms with Crippen LogP contribution in [0.5, 0.6) is 0 Å². The number of nitrogens with one attached hydrogen (secondary N) is 1. The molecule has 0 heterocycles. The van der Waals surface area contributed by atoms with Crippen LogP contribution in [0.3, 0.4) is 0 Å². The molecule has 0 saturated heterocycles. The van der Waals surface area contributed by atoms with Gasteiger partial charge in [0, 0.05) is 25.7 Å². The molecule has 1 rings (SSSR count). The van der Waals surface area contributed by atoms with E-state index in [4.69, 9.17) is 10.00 Å². The predicted molar refractivity (Wildman–Crippen MR) is 90.9 cm³/mol. The second-order valence-electron chi connectivity index (χ2n) is 6.76. The normalized spacial score (nSPS) is 11.2. The van der Waals surface area contributed by atoms with Crippen LogP contribution in [0.2, 0.25) is 0 Å². The van der Waals surface area contributed by atoms with Crippen LogP contribution in [0, 0.1) is 11.3 Å². The van der Waals surface area contributed by atoms with Crippen molar-refractivity contribution < 1.29 is 9.53 Å². The molecule has 23 heavy (non-hydrogen) atoms. The molecule has 0 saturated carbocycles. The van der Waals surface area contributed by atoms with Crippen molar-refractivity contribution >= 4 is 6.09 Å². The summed E-state index contributed by atoms with van der Waals surface area (Å²) in [6, 6.07) is 9.70. The molecule has 1 amide bonds. The number of rotatable bonds is 6. The Kier molecular flexibility index (Phi) is 7.05. The van der Waals surface area contributed by atoms with Gasteiger partial charge in [0.2, 0.25) is 0 Å². The van der Waals surface area contributed by atoms with Crippen molar-refractivity contribution in [1.82, 2.24) is 10.2 Å². The van der Waals surface area contributed by atoms with Gasteiger partial charge in [-0.3, -0.25) is 0 Å². The molecule has 5 heteroatoms. The zero-order chi connectivity index (χ0) is 17.5. The molecule has 0 aliphatic carbocycles. The standard InChI is InChI=1S/C18H27N3O2/c1-14(2)21(17(22)23-18(3,4)5)10-9-20-13-16-8-6-7-15(11-16)12-19/h6-8,11,14,20H,9-10,13H2,1-5H3. The summed E-state index contributed by atoms with van der Waals surface area (Å²) >= 11 is 0. The average molecular weight is 317 g/mol. The molecule has 0 spiro atoms. The molecule has 0 bridgehead atoms. The summed E-state index contributed by atoms with van der Waals surface area (Å²) < 4.78 is 5.43. The van der Waals surface area contributed by atoms with E-state index in [0.29, 0.717) is 25.2 Å². The molecule has 1 N–H and O–H groups in total. The Hall–Kier alpha value is -2.06. The summed E-state index contributed by atoms with van der Waals surface area (Å²) in [5.74, 6) is 0. The van der Waals surface area contributed by atoms with E-state index < -0.39 is 5.60 Å². The largest absolute Gasteiger partial charge is 0.444 e. The Morgan fingerprint density at radius 2 is 2.09 bits per heavy atom. The third-order valence-corrected chi connectivity index (χ3v) is 3.17. The second-order valence-corrected chi connectivity index (χ2v) is 6.76. The first-order chi connectivity index (χ1) is 10.7. The van der Waals surface area contributed by atoms with Gasteiger partial charge in [-0.05, 0) is 52.3 Å². The summed E-state index contributed by atoms with van der Waals surface area (Å²) in [4.78, 5) is 13.9. The zero-order valence-electron chi connectivity index (χ0n) is 14.7. The minimum absolute atomic E-state index is 0.0774. The van der Waals surface area contributed by atoms with Crippen molar-refractivity contribution in [1.29, 1.82) is 5.26 Å². The van der Waals surface area contributed by atoms with Gasteiger partial charge in [0.1, 0.15) is 5.60 Å². The van der Waals surface area contributed by atoms with Crippen LogP contribution in [0.1, 0.15) is 45.7 Å². The molecule has 1 aromatic carbocycles. The van der Waals surface area contributed by atoms with E-state index in [1.807, 2.05) is 52.8 Å². The molecular weight excluding hydrogens is 290 g/mol. The third kappa shape index (κ3) is 7.16. The summed E-state index contributed by atoms with van der Waals surface area (Å²) in [7, 11) is 0. The van der Waals surface area contributed by atoms with Crippen molar-refractivity contribution in [2.45, 2.75) is 52.8 Å². The quantitative estimate of drug-likeness (QED) is 0.818. The SMILES string of the molecule is CC(C)N(CCNCc1cccc(C#N)c1)C(=O)OC(C)(C)C. The lowest BCUT2D eigenvalue weighted by atomic mass is 10.1. The van der Waals surface area contributed by atoms with Crippen molar-refractivity contribution in [2.24, 2.45) is 0 Å². The van der Waals surface area contributed by atoms with Crippen LogP contribution in [0.15, 0.2) is 24.3 Å². The lowest BCUT2D eigenvalue weighted by Gasteiger charge is -2.30. The Morgan fingerprint density at radius 1 is 1.39 bits per heavy atom. The summed E-state index contributed by atoms with van der Waals surface area (Å²) in [5, 5.41) is 12.2. The fraction of sp³-hybridized carbons (Fsp3) is 0.556. The van der Waals surface area contributed by atoms with Crippen LogP contribution in [0.4, 0.5) is 4.79 Å². The number of amides is 1. The number of carbonyl (C=O) groups is 1. The fourth-order valence-corrected chi connectivity index (χ4v) is 2.06. The summed E-state index contributed by atoms with van der Waals surface area (Å²) in [5.41, 5.74) is 1.22. The third-order valence-electron chi connectivity index (χ3n) is 3.17. The fourth-order valence-electron chi connectivity index (χ4n) is 2.06. The molecule has 0 aliphatic rings. The first-order valence-electron chi connectivity index (χ1n) is 7.92. The molecule has 1 aromatic rings. The zero-order valence-corrected chi connectivity index (χ0v) is 14.7. The van der Waals surface area contributed by atoms with Crippen molar-refractivity contribution in [3.05, 3.63) is 35.4 Å². The number of carbonyl (C=O) groups excluding carboxylic acids is 1. The lowest BCUT2D eigenvalue weighted by molar-refractivity contribution is 0.0193. The highest BCUT2D eigenvalue weighted by Gasteiger charge is 2.23. The molecule has 0 fully saturated rings. The van der Waals surface area contributed by atoms with E-state index in [0.717, 1.165) is 5.56 Å². The molecule has 0 unspecified atom stereocenters. The first-order valence-corrected chi connectivity index (χ1v) is 7.92. The van der Waals surface area contributed by atoms with E-state index >= 15 is 0 Å². The highest BCUT2D eigenvalue weighted by molar-refractivity contribution is 5.68. The van der Waals surface area contributed by atoms with Crippen molar-refractivity contribution in [2.75, 3.05) is 13.1 Å². The molecule has 0 aliphatic heterocycles. The number of ether oxygens (including phenoxy) is 1. The topological polar surface area (TPSA) is 65.4 Å². The van der Waals surface area contributed by atoms with E-state index in [9.17, 15) is 4.79 Å². The van der Waals surface area contributed by atoms with E-state index in [1.54, 1.807) is 11.0 Å². The van der Waals surface area contributed by atoms with Crippen LogP contribution in [-0.4, -0.2) is 35.7 Å². The minimum atomic E-state index is -0.491. The van der Waals surface area contributed by atoms with E-state index in [-0.39, 0.29) is 12.1 Å². The summed E-state index contributed by atoms with van der Waals surface area (Å²) in [6.45, 7) is 11.4. The first kappa shape index (κ1) is 19.0. The molecule has 5 nitrogen and oxygen atoms in total. The van der Waals surface area contributed by atoms with Gasteiger partial charge in [-0.2, -0.15) is 5.26 Å². The Morgan fingerprint density at radius 3 is 2.65 bits per heavy atom. The molecule has 126 valence electrons. The van der Waals surface area contributed by atoms with Crippen LogP contribution >= 0.6 is 0 Å². The van der Waals surface area contributed by atoms with Gasteiger partial charge in [0.05, 0.1) is 11.6 Å². The monoisotopic (exact) mass is 317 g/mol. The van der Waals surface area contributed by atoms with Gasteiger partial charge in [0.25, 0.3) is 0 Å². The number of hydrogen-bond acceptors (Lipinski definition) is 4. The number of benzene rings is 1. The van der Waals surface area contributed by atoms with Crippen LogP contribution < -0.4 is 5.32 Å². The van der Waals surface area contributed by atoms with E-state index in [1.165, 1.54) is 0 Å². The van der Waals surface area contributed by atoms with E-state index in [2.05, 4.69) is 11.4 Å². The lowest BCUT2D eigenvalue weighted by Crippen LogP contribution is -2.44. The van der Waals surface area contributed by atoms with Crippen molar-refractivity contribution in [3.63, 3.8) is 0 Å². The Balaban J connectivity index is 2.47. The predicted octanol–water partition coefficient (Wildman–Crippen LogP) is 3.29. The highest BCUT2D eigenvalue weighted by Crippen LogP contribution is 2.11. The number of nitrogens with zero attached hydrogens (tertiary/aromatic N) is 2. The molecule has 0 atom stereocenters. The number of hydrogen-bond donors (Lipinski definition) is 1.